The number of pyridine rings is 1. The van der Waals surface area contributed by atoms with Crippen molar-refractivity contribution in [1.29, 1.82) is 0 Å². The first kappa shape index (κ1) is 18.4. The van der Waals surface area contributed by atoms with E-state index >= 15 is 0 Å². The van der Waals surface area contributed by atoms with Crippen molar-refractivity contribution >= 4 is 23.6 Å². The predicted octanol–water partition coefficient (Wildman–Crippen LogP) is 3.81. The van der Waals surface area contributed by atoms with E-state index in [1.807, 2.05) is 25.1 Å². The van der Waals surface area contributed by atoms with Crippen LogP contribution in [0.2, 0.25) is 0 Å². The summed E-state index contributed by atoms with van der Waals surface area (Å²) in [4.78, 5) is 20.2. The number of aromatic nitrogens is 1. The van der Waals surface area contributed by atoms with Gasteiger partial charge in [-0.25, -0.2) is 4.98 Å². The summed E-state index contributed by atoms with van der Waals surface area (Å²) >= 11 is 0. The van der Waals surface area contributed by atoms with Crippen LogP contribution in [0.5, 0.6) is 0 Å². The second-order valence-electron chi connectivity index (χ2n) is 6.32. The van der Waals surface area contributed by atoms with Crippen molar-refractivity contribution < 1.29 is 4.79 Å². The van der Waals surface area contributed by atoms with E-state index < -0.39 is 5.91 Å². The Labute approximate surface area is 158 Å². The van der Waals surface area contributed by atoms with Crippen molar-refractivity contribution in [1.82, 2.24) is 4.98 Å². The smallest absolute Gasteiger partial charge is 0.252 e. The van der Waals surface area contributed by atoms with Crippen molar-refractivity contribution in [2.75, 3.05) is 10.6 Å². The molecule has 0 bridgehead atoms. The Morgan fingerprint density at radius 3 is 3.00 bits per heavy atom. The summed E-state index contributed by atoms with van der Waals surface area (Å²) in [5, 5.41) is 6.53. The van der Waals surface area contributed by atoms with E-state index in [0.29, 0.717) is 22.8 Å². The lowest BCUT2D eigenvalue weighted by molar-refractivity contribution is 0.100. The lowest BCUT2D eigenvalue weighted by Crippen LogP contribution is -2.17. The maximum absolute atomic E-state index is 11.8. The second-order valence-corrected chi connectivity index (χ2v) is 6.32. The number of carbonyl (C=O) groups excluding carboxylic acids is 1. The Kier molecular flexibility index (Phi) is 5.66. The molecule has 0 saturated heterocycles. The van der Waals surface area contributed by atoms with E-state index in [0.717, 1.165) is 12.8 Å². The summed E-state index contributed by atoms with van der Waals surface area (Å²) in [5.74, 6) is 0.0435. The minimum absolute atomic E-state index is 0.133. The van der Waals surface area contributed by atoms with Gasteiger partial charge in [0, 0.05) is 24.7 Å². The van der Waals surface area contributed by atoms with Crippen LogP contribution >= 0.6 is 0 Å². The van der Waals surface area contributed by atoms with E-state index in [2.05, 4.69) is 39.3 Å². The van der Waals surface area contributed by atoms with Gasteiger partial charge in [0.2, 0.25) is 0 Å². The van der Waals surface area contributed by atoms with E-state index in [4.69, 9.17) is 5.73 Å². The van der Waals surface area contributed by atoms with Gasteiger partial charge in [0.05, 0.1) is 23.0 Å². The Balaban J connectivity index is 1.83. The Hall–Kier alpha value is -3.41. The van der Waals surface area contributed by atoms with Crippen LogP contribution in [-0.4, -0.2) is 17.1 Å². The minimum atomic E-state index is -0.517. The van der Waals surface area contributed by atoms with Crippen LogP contribution in [0.1, 0.15) is 40.9 Å². The molecule has 1 amide bonds. The quantitative estimate of drug-likeness (QED) is 0.654. The molecule has 0 radical (unpaired) electrons. The molecule has 1 heterocycles. The number of rotatable bonds is 7. The molecule has 1 aromatic carbocycles. The maximum atomic E-state index is 11.8. The number of allylic oxidation sites excluding steroid dienone is 2. The molecule has 6 heteroatoms. The molecule has 0 fully saturated rings. The first-order valence-corrected chi connectivity index (χ1v) is 8.83. The van der Waals surface area contributed by atoms with Gasteiger partial charge in [0.25, 0.3) is 5.91 Å². The Morgan fingerprint density at radius 2 is 2.22 bits per heavy atom. The van der Waals surface area contributed by atoms with Gasteiger partial charge >= 0.3 is 0 Å². The molecule has 0 aliphatic heterocycles. The number of primary amides is 1. The molecule has 1 atom stereocenters. The molecule has 0 unspecified atom stereocenters. The van der Waals surface area contributed by atoms with Crippen molar-refractivity contribution in [2.45, 2.75) is 25.8 Å². The van der Waals surface area contributed by atoms with Crippen molar-refractivity contribution in [3.63, 3.8) is 0 Å². The number of nitrogens with zero attached hydrogens (tertiary/aromatic N) is 2. The van der Waals surface area contributed by atoms with Gasteiger partial charge in [0.15, 0.2) is 0 Å². The maximum Gasteiger partial charge on any atom is 0.252 e. The number of aryl methyl sites for hydroxylation is 1. The first-order chi connectivity index (χ1) is 13.1. The van der Waals surface area contributed by atoms with Crippen LogP contribution in [-0.2, 0) is 6.42 Å². The topological polar surface area (TPSA) is 92.4 Å². The number of anilines is 2. The molecule has 0 saturated carbocycles. The van der Waals surface area contributed by atoms with Crippen molar-refractivity contribution in [3.05, 3.63) is 77.8 Å². The van der Waals surface area contributed by atoms with Crippen LogP contribution in [0, 0.1) is 0 Å². The number of carbonyl (C=O) groups is 1. The number of fused-ring (bicyclic) bond motifs is 1. The van der Waals surface area contributed by atoms with E-state index in [9.17, 15) is 4.79 Å². The Morgan fingerprint density at radius 1 is 1.41 bits per heavy atom. The van der Waals surface area contributed by atoms with E-state index in [1.54, 1.807) is 18.5 Å². The molecule has 2 aromatic rings. The zero-order valence-electron chi connectivity index (χ0n) is 15.3. The number of amides is 1. The lowest BCUT2D eigenvalue weighted by Gasteiger charge is -2.18. The summed E-state index contributed by atoms with van der Waals surface area (Å²) < 4.78 is 0. The second kappa shape index (κ2) is 8.31. The molecule has 27 heavy (non-hydrogen) atoms. The predicted molar refractivity (Wildman–Crippen MR) is 110 cm³/mol. The molecule has 0 spiro atoms. The van der Waals surface area contributed by atoms with Crippen LogP contribution < -0.4 is 16.4 Å². The number of hydrogen-bond donors (Lipinski definition) is 3. The molecule has 3 rings (SSSR count). The van der Waals surface area contributed by atoms with Crippen LogP contribution in [0.25, 0.3) is 0 Å². The summed E-state index contributed by atoms with van der Waals surface area (Å²) in [6.45, 7) is 5.78. The Bertz CT molecular complexity index is 917. The van der Waals surface area contributed by atoms with Gasteiger partial charge in [-0.15, -0.1) is 0 Å². The highest BCUT2D eigenvalue weighted by Gasteiger charge is 2.23. The van der Waals surface area contributed by atoms with Crippen LogP contribution in [0.4, 0.5) is 11.5 Å². The van der Waals surface area contributed by atoms with Crippen molar-refractivity contribution in [3.8, 4) is 0 Å². The van der Waals surface area contributed by atoms with Crippen molar-refractivity contribution in [2.24, 2.45) is 10.7 Å². The third kappa shape index (κ3) is 4.41. The molecule has 1 aliphatic carbocycles. The molecule has 138 valence electrons. The summed E-state index contributed by atoms with van der Waals surface area (Å²) in [6, 6.07) is 10.2. The van der Waals surface area contributed by atoms with E-state index in [-0.39, 0.29) is 6.04 Å². The van der Waals surface area contributed by atoms with Gasteiger partial charge in [-0.2, -0.15) is 0 Å². The lowest BCUT2D eigenvalue weighted by atomic mass is 10.1. The molecule has 6 nitrogen and oxygen atoms in total. The fourth-order valence-electron chi connectivity index (χ4n) is 3.15. The normalized spacial score (nSPS) is 15.8. The average molecular weight is 361 g/mol. The number of nitrogens with one attached hydrogen (secondary N) is 2. The highest BCUT2D eigenvalue weighted by Crippen LogP contribution is 2.34. The molecular weight excluding hydrogens is 338 g/mol. The van der Waals surface area contributed by atoms with Gasteiger partial charge in [-0.05, 0) is 30.9 Å². The number of benzene rings is 1. The third-order valence-corrected chi connectivity index (χ3v) is 4.39. The first-order valence-electron chi connectivity index (χ1n) is 8.83. The van der Waals surface area contributed by atoms with Gasteiger partial charge < -0.3 is 16.4 Å². The average Bonchev–Trinajstić information content (AvgIpc) is 3.05. The molecule has 1 aliphatic rings. The monoisotopic (exact) mass is 361 g/mol. The number of aliphatic imine (C=N–C) groups is 1. The summed E-state index contributed by atoms with van der Waals surface area (Å²) in [7, 11) is 0. The van der Waals surface area contributed by atoms with E-state index in [1.165, 1.54) is 17.3 Å². The van der Waals surface area contributed by atoms with Crippen LogP contribution in [0.3, 0.4) is 0 Å². The molecular formula is C21H23N5O. The largest absolute Gasteiger partial charge is 0.377 e. The fourth-order valence-corrected chi connectivity index (χ4v) is 3.15. The molecule has 1 aromatic heterocycles. The number of hydrogen-bond acceptors (Lipinski definition) is 5. The van der Waals surface area contributed by atoms with Gasteiger partial charge in [-0.1, -0.05) is 36.9 Å². The fraction of sp³-hybridized carbons (Fsp3) is 0.190. The third-order valence-electron chi connectivity index (χ3n) is 4.39. The van der Waals surface area contributed by atoms with Gasteiger partial charge in [0.1, 0.15) is 5.82 Å². The SMILES string of the molecule is C=C(C=N/C=C\C)Nc1cc(N[C@@H]2CCc3ccccc32)c(C(N)=O)cn1. The number of nitrogens with two attached hydrogens (primary N) is 1. The summed E-state index contributed by atoms with van der Waals surface area (Å²) in [5.41, 5.74) is 9.71. The zero-order valence-corrected chi connectivity index (χ0v) is 15.3. The minimum Gasteiger partial charge on any atom is -0.377 e. The highest BCUT2D eigenvalue weighted by molar-refractivity contribution is 5.98. The molecule has 4 N–H and O–H groups in total. The zero-order chi connectivity index (χ0) is 19.2. The summed E-state index contributed by atoms with van der Waals surface area (Å²) in [6.07, 6.45) is 8.54. The van der Waals surface area contributed by atoms with Crippen LogP contribution in [0.15, 0.2) is 66.1 Å². The van der Waals surface area contributed by atoms with Gasteiger partial charge in [-0.3, -0.25) is 9.79 Å². The standard InChI is InChI=1S/C21H23N5O/c1-3-10-23-12-14(2)25-20-11-19(17(13-24-20)21(22)27)26-18-9-8-15-6-4-5-7-16(15)18/h3-7,10-13,18H,2,8-9H2,1H3,(H2,22,27)(H2,24,25,26)/b10-3-,23-12?/t18-/m1/s1. The highest BCUT2D eigenvalue weighted by atomic mass is 16.1.